The number of ether oxygens (including phenoxy) is 1. The third-order valence-corrected chi connectivity index (χ3v) is 3.97. The van der Waals surface area contributed by atoms with E-state index in [4.69, 9.17) is 4.74 Å². The Balaban J connectivity index is 1.62. The lowest BCUT2D eigenvalue weighted by Gasteiger charge is -2.18. The van der Waals surface area contributed by atoms with E-state index in [0.717, 1.165) is 30.7 Å². The van der Waals surface area contributed by atoms with Gasteiger partial charge in [-0.2, -0.15) is 0 Å². The van der Waals surface area contributed by atoms with Gasteiger partial charge in [0, 0.05) is 24.2 Å². The highest BCUT2D eigenvalue weighted by Gasteiger charge is 2.27. The van der Waals surface area contributed by atoms with Crippen LogP contribution < -0.4 is 15.4 Å². The zero-order valence-electron chi connectivity index (χ0n) is 12.8. The Morgan fingerprint density at radius 2 is 2.00 bits per heavy atom. The van der Waals surface area contributed by atoms with Gasteiger partial charge in [-0.05, 0) is 45.6 Å². The van der Waals surface area contributed by atoms with Crippen LogP contribution in [0.1, 0.15) is 43.7 Å². The Labute approximate surface area is 126 Å². The SMILES string of the molecule is Cc1ccc(OC(C)C(=O)NC2CC2)c(CNC2CC2)c1. The van der Waals surface area contributed by atoms with Crippen molar-refractivity contribution in [1.82, 2.24) is 10.6 Å². The molecule has 0 saturated heterocycles. The number of benzene rings is 1. The molecular weight excluding hydrogens is 264 g/mol. The lowest BCUT2D eigenvalue weighted by atomic mass is 10.1. The zero-order valence-corrected chi connectivity index (χ0v) is 12.8. The van der Waals surface area contributed by atoms with Gasteiger partial charge in [0.05, 0.1) is 0 Å². The Hall–Kier alpha value is -1.55. The predicted octanol–water partition coefficient (Wildman–Crippen LogP) is 2.29. The summed E-state index contributed by atoms with van der Waals surface area (Å²) >= 11 is 0. The Bertz CT molecular complexity index is 522. The Morgan fingerprint density at radius 3 is 2.67 bits per heavy atom. The minimum absolute atomic E-state index is 0.0147. The minimum atomic E-state index is -0.451. The molecule has 114 valence electrons. The van der Waals surface area contributed by atoms with E-state index >= 15 is 0 Å². The van der Waals surface area contributed by atoms with E-state index in [1.54, 1.807) is 0 Å². The normalized spacial score (nSPS) is 19.1. The standard InChI is InChI=1S/C17H24N2O2/c1-11-3-8-16(13(9-11)10-18-14-4-5-14)21-12(2)17(20)19-15-6-7-15/h3,8-9,12,14-15,18H,4-7,10H2,1-2H3,(H,19,20). The summed E-state index contributed by atoms with van der Waals surface area (Å²) in [6.45, 7) is 4.70. The zero-order chi connectivity index (χ0) is 14.8. The van der Waals surface area contributed by atoms with E-state index in [-0.39, 0.29) is 5.91 Å². The highest BCUT2D eigenvalue weighted by molar-refractivity contribution is 5.81. The molecule has 1 amide bonds. The summed E-state index contributed by atoms with van der Waals surface area (Å²) in [5, 5.41) is 6.49. The van der Waals surface area contributed by atoms with E-state index in [9.17, 15) is 4.79 Å². The van der Waals surface area contributed by atoms with Crippen LogP contribution in [0.2, 0.25) is 0 Å². The van der Waals surface area contributed by atoms with Crippen molar-refractivity contribution in [2.24, 2.45) is 0 Å². The maximum absolute atomic E-state index is 12.0. The molecule has 3 rings (SSSR count). The van der Waals surface area contributed by atoms with E-state index in [1.807, 2.05) is 19.1 Å². The molecule has 4 heteroatoms. The van der Waals surface area contributed by atoms with Crippen LogP contribution in [0, 0.1) is 6.92 Å². The fraction of sp³-hybridized carbons (Fsp3) is 0.588. The van der Waals surface area contributed by atoms with Crippen LogP contribution in [0.4, 0.5) is 0 Å². The fourth-order valence-electron chi connectivity index (χ4n) is 2.29. The summed E-state index contributed by atoms with van der Waals surface area (Å²) in [5.74, 6) is 0.798. The van der Waals surface area contributed by atoms with Crippen molar-refractivity contribution in [3.63, 3.8) is 0 Å². The number of hydrogen-bond acceptors (Lipinski definition) is 3. The number of carbonyl (C=O) groups is 1. The topological polar surface area (TPSA) is 50.4 Å². The van der Waals surface area contributed by atoms with E-state index in [2.05, 4.69) is 23.6 Å². The van der Waals surface area contributed by atoms with E-state index in [0.29, 0.717) is 12.1 Å². The highest BCUT2D eigenvalue weighted by Crippen LogP contribution is 2.25. The average Bonchev–Trinajstić information content (AvgIpc) is 3.33. The quantitative estimate of drug-likeness (QED) is 0.809. The van der Waals surface area contributed by atoms with Crippen molar-refractivity contribution in [2.45, 2.75) is 64.3 Å². The molecule has 1 unspecified atom stereocenters. The summed E-state index contributed by atoms with van der Waals surface area (Å²) < 4.78 is 5.89. The van der Waals surface area contributed by atoms with Gasteiger partial charge in [-0.3, -0.25) is 4.79 Å². The first-order valence-electron chi connectivity index (χ1n) is 7.92. The molecule has 1 aromatic carbocycles. The van der Waals surface area contributed by atoms with Gasteiger partial charge >= 0.3 is 0 Å². The fourth-order valence-corrected chi connectivity index (χ4v) is 2.29. The van der Waals surface area contributed by atoms with Gasteiger partial charge in [-0.15, -0.1) is 0 Å². The highest BCUT2D eigenvalue weighted by atomic mass is 16.5. The molecule has 0 spiro atoms. The van der Waals surface area contributed by atoms with Gasteiger partial charge in [0.1, 0.15) is 5.75 Å². The van der Waals surface area contributed by atoms with Crippen molar-refractivity contribution in [1.29, 1.82) is 0 Å². The van der Waals surface area contributed by atoms with Crippen LogP contribution in [-0.4, -0.2) is 24.1 Å². The number of aryl methyl sites for hydroxylation is 1. The summed E-state index contributed by atoms with van der Waals surface area (Å²) in [4.78, 5) is 12.0. The lowest BCUT2D eigenvalue weighted by Crippen LogP contribution is -2.37. The summed E-state index contributed by atoms with van der Waals surface area (Å²) in [6, 6.07) is 7.17. The van der Waals surface area contributed by atoms with Crippen LogP contribution in [0.3, 0.4) is 0 Å². The molecule has 0 heterocycles. The largest absolute Gasteiger partial charge is 0.481 e. The molecule has 1 atom stereocenters. The average molecular weight is 288 g/mol. The third-order valence-electron chi connectivity index (χ3n) is 3.97. The molecule has 4 nitrogen and oxygen atoms in total. The molecule has 2 N–H and O–H groups in total. The van der Waals surface area contributed by atoms with Gasteiger partial charge in [0.25, 0.3) is 5.91 Å². The second-order valence-corrected chi connectivity index (χ2v) is 6.31. The van der Waals surface area contributed by atoms with Crippen LogP contribution in [0.25, 0.3) is 0 Å². The molecular formula is C17H24N2O2. The van der Waals surface area contributed by atoms with Crippen molar-refractivity contribution in [2.75, 3.05) is 0 Å². The molecule has 1 aromatic rings. The molecule has 21 heavy (non-hydrogen) atoms. The van der Waals surface area contributed by atoms with Gasteiger partial charge in [0.15, 0.2) is 6.10 Å². The second kappa shape index (κ2) is 6.06. The van der Waals surface area contributed by atoms with Crippen molar-refractivity contribution in [3.8, 4) is 5.75 Å². The molecule has 0 aliphatic heterocycles. The lowest BCUT2D eigenvalue weighted by molar-refractivity contribution is -0.127. The summed E-state index contributed by atoms with van der Waals surface area (Å²) in [7, 11) is 0. The van der Waals surface area contributed by atoms with Crippen LogP contribution >= 0.6 is 0 Å². The van der Waals surface area contributed by atoms with Crippen LogP contribution in [0.5, 0.6) is 5.75 Å². The molecule has 2 aliphatic carbocycles. The Morgan fingerprint density at radius 1 is 1.29 bits per heavy atom. The second-order valence-electron chi connectivity index (χ2n) is 6.31. The monoisotopic (exact) mass is 288 g/mol. The number of amides is 1. The summed E-state index contributed by atoms with van der Waals surface area (Å²) in [6.07, 6.45) is 4.27. The van der Waals surface area contributed by atoms with Gasteiger partial charge in [0.2, 0.25) is 0 Å². The van der Waals surface area contributed by atoms with Crippen molar-refractivity contribution in [3.05, 3.63) is 29.3 Å². The van der Waals surface area contributed by atoms with Crippen LogP contribution in [0.15, 0.2) is 18.2 Å². The number of hydrogen-bond donors (Lipinski definition) is 2. The molecule has 0 bridgehead atoms. The Kier molecular flexibility index (Phi) is 4.15. The first-order chi connectivity index (χ1) is 10.1. The van der Waals surface area contributed by atoms with Crippen molar-refractivity contribution >= 4 is 5.91 Å². The molecule has 0 aromatic heterocycles. The van der Waals surface area contributed by atoms with E-state index in [1.165, 1.54) is 18.4 Å². The first kappa shape index (κ1) is 14.4. The molecule has 2 fully saturated rings. The minimum Gasteiger partial charge on any atom is -0.481 e. The maximum atomic E-state index is 12.0. The maximum Gasteiger partial charge on any atom is 0.260 e. The molecule has 2 saturated carbocycles. The third kappa shape index (κ3) is 4.21. The molecule has 2 aliphatic rings. The van der Waals surface area contributed by atoms with Gasteiger partial charge < -0.3 is 15.4 Å². The molecule has 0 radical (unpaired) electrons. The van der Waals surface area contributed by atoms with Crippen LogP contribution in [-0.2, 0) is 11.3 Å². The predicted molar refractivity (Wildman–Crippen MR) is 82.3 cm³/mol. The van der Waals surface area contributed by atoms with E-state index < -0.39 is 6.10 Å². The van der Waals surface area contributed by atoms with Gasteiger partial charge in [-0.25, -0.2) is 0 Å². The number of nitrogens with one attached hydrogen (secondary N) is 2. The first-order valence-corrected chi connectivity index (χ1v) is 7.92. The smallest absolute Gasteiger partial charge is 0.260 e. The number of rotatable bonds is 7. The summed E-state index contributed by atoms with van der Waals surface area (Å²) in [5.41, 5.74) is 2.35. The van der Waals surface area contributed by atoms with Crippen molar-refractivity contribution < 1.29 is 9.53 Å². The van der Waals surface area contributed by atoms with Gasteiger partial charge in [-0.1, -0.05) is 17.7 Å². The number of carbonyl (C=O) groups excluding carboxylic acids is 1.